The van der Waals surface area contributed by atoms with Crippen LogP contribution in [0.15, 0.2) is 36.4 Å². The largest absolute Gasteiger partial charge is 0.496 e. The SMILES string of the molecule is COc1cccc2c1CCNC2Cc1cc(F)cc(F)c1. The topological polar surface area (TPSA) is 21.3 Å². The smallest absolute Gasteiger partial charge is 0.126 e. The van der Waals surface area contributed by atoms with Crippen LogP contribution in [0.5, 0.6) is 5.75 Å². The lowest BCUT2D eigenvalue weighted by Gasteiger charge is -2.28. The van der Waals surface area contributed by atoms with E-state index in [0.717, 1.165) is 30.3 Å². The van der Waals surface area contributed by atoms with Gasteiger partial charge in [0.1, 0.15) is 17.4 Å². The number of hydrogen-bond acceptors (Lipinski definition) is 2. The minimum Gasteiger partial charge on any atom is -0.496 e. The van der Waals surface area contributed by atoms with Gasteiger partial charge in [-0.05, 0) is 48.7 Å². The lowest BCUT2D eigenvalue weighted by Crippen LogP contribution is -2.31. The lowest BCUT2D eigenvalue weighted by atomic mass is 9.90. The first kappa shape index (κ1) is 14.0. The average molecular weight is 289 g/mol. The zero-order valence-electron chi connectivity index (χ0n) is 11.8. The van der Waals surface area contributed by atoms with Gasteiger partial charge in [0.15, 0.2) is 0 Å². The molecule has 2 nitrogen and oxygen atoms in total. The van der Waals surface area contributed by atoms with Crippen molar-refractivity contribution in [3.63, 3.8) is 0 Å². The maximum absolute atomic E-state index is 13.3. The van der Waals surface area contributed by atoms with Crippen LogP contribution in [-0.2, 0) is 12.8 Å². The van der Waals surface area contributed by atoms with Crippen LogP contribution in [0.1, 0.15) is 22.7 Å². The lowest BCUT2D eigenvalue weighted by molar-refractivity contribution is 0.400. The van der Waals surface area contributed by atoms with E-state index in [9.17, 15) is 8.78 Å². The highest BCUT2D eigenvalue weighted by Gasteiger charge is 2.22. The summed E-state index contributed by atoms with van der Waals surface area (Å²) in [6.07, 6.45) is 1.45. The first-order valence-corrected chi connectivity index (χ1v) is 7.01. The van der Waals surface area contributed by atoms with Crippen molar-refractivity contribution in [3.8, 4) is 5.75 Å². The molecule has 1 unspecified atom stereocenters. The first-order valence-electron chi connectivity index (χ1n) is 7.01. The second-order valence-corrected chi connectivity index (χ2v) is 5.27. The Hall–Kier alpha value is -1.94. The summed E-state index contributed by atoms with van der Waals surface area (Å²) >= 11 is 0. The molecule has 110 valence electrons. The Bertz CT molecular complexity index is 637. The van der Waals surface area contributed by atoms with Gasteiger partial charge in [-0.2, -0.15) is 0 Å². The number of nitrogens with one attached hydrogen (secondary N) is 1. The van der Waals surface area contributed by atoms with Gasteiger partial charge in [-0.1, -0.05) is 12.1 Å². The van der Waals surface area contributed by atoms with Gasteiger partial charge in [0.25, 0.3) is 0 Å². The maximum Gasteiger partial charge on any atom is 0.126 e. The number of hydrogen-bond donors (Lipinski definition) is 1. The molecule has 0 aliphatic carbocycles. The summed E-state index contributed by atoms with van der Waals surface area (Å²) in [6, 6.07) is 9.66. The highest BCUT2D eigenvalue weighted by Crippen LogP contribution is 2.32. The minimum absolute atomic E-state index is 0.0463. The van der Waals surface area contributed by atoms with Crippen molar-refractivity contribution in [2.45, 2.75) is 18.9 Å². The fourth-order valence-corrected chi connectivity index (χ4v) is 3.00. The predicted octanol–water partition coefficient (Wildman–Crippen LogP) is 3.40. The van der Waals surface area contributed by atoms with Gasteiger partial charge in [0.2, 0.25) is 0 Å². The molecule has 0 radical (unpaired) electrons. The van der Waals surface area contributed by atoms with Crippen LogP contribution in [0.4, 0.5) is 8.78 Å². The highest BCUT2D eigenvalue weighted by molar-refractivity contribution is 5.44. The monoisotopic (exact) mass is 289 g/mol. The summed E-state index contributed by atoms with van der Waals surface area (Å²) in [4.78, 5) is 0. The fourth-order valence-electron chi connectivity index (χ4n) is 3.00. The molecule has 0 spiro atoms. The standard InChI is InChI=1S/C17H17F2NO/c1-21-17-4-2-3-14-15(17)5-6-20-16(14)9-11-7-12(18)10-13(19)8-11/h2-4,7-8,10,16,20H,5-6,9H2,1H3. The third kappa shape index (κ3) is 2.90. The van der Waals surface area contributed by atoms with E-state index in [0.29, 0.717) is 12.0 Å². The zero-order chi connectivity index (χ0) is 14.8. The predicted molar refractivity (Wildman–Crippen MR) is 77.5 cm³/mol. The molecule has 1 N–H and O–H groups in total. The van der Waals surface area contributed by atoms with Crippen LogP contribution >= 0.6 is 0 Å². The normalized spacial score (nSPS) is 17.4. The Labute approximate surface area is 122 Å². The van der Waals surface area contributed by atoms with E-state index < -0.39 is 11.6 Å². The molecule has 3 rings (SSSR count). The van der Waals surface area contributed by atoms with E-state index in [-0.39, 0.29) is 6.04 Å². The van der Waals surface area contributed by atoms with E-state index in [1.807, 2.05) is 18.2 Å². The van der Waals surface area contributed by atoms with Gasteiger partial charge in [-0.15, -0.1) is 0 Å². The Morgan fingerprint density at radius 3 is 2.67 bits per heavy atom. The van der Waals surface area contributed by atoms with Crippen molar-refractivity contribution >= 4 is 0 Å². The number of ether oxygens (including phenoxy) is 1. The molecule has 2 aromatic rings. The maximum atomic E-state index is 13.3. The van der Waals surface area contributed by atoms with Crippen molar-refractivity contribution in [1.29, 1.82) is 0 Å². The van der Waals surface area contributed by atoms with E-state index in [1.165, 1.54) is 17.7 Å². The van der Waals surface area contributed by atoms with Crippen LogP contribution in [0, 0.1) is 11.6 Å². The van der Waals surface area contributed by atoms with Gasteiger partial charge in [-0.25, -0.2) is 8.78 Å². The molecule has 21 heavy (non-hydrogen) atoms. The molecule has 1 aliphatic rings. The summed E-state index contributed by atoms with van der Waals surface area (Å²) in [6.45, 7) is 0.829. The fraction of sp³-hybridized carbons (Fsp3) is 0.294. The van der Waals surface area contributed by atoms with Crippen molar-refractivity contribution in [3.05, 3.63) is 64.7 Å². The van der Waals surface area contributed by atoms with E-state index >= 15 is 0 Å². The zero-order valence-corrected chi connectivity index (χ0v) is 11.8. The summed E-state index contributed by atoms with van der Waals surface area (Å²) < 4.78 is 32.0. The van der Waals surface area contributed by atoms with E-state index in [4.69, 9.17) is 4.74 Å². The molecule has 0 bridgehead atoms. The number of fused-ring (bicyclic) bond motifs is 1. The van der Waals surface area contributed by atoms with Gasteiger partial charge in [0, 0.05) is 17.7 Å². The van der Waals surface area contributed by atoms with Crippen molar-refractivity contribution in [2.24, 2.45) is 0 Å². The van der Waals surface area contributed by atoms with E-state index in [1.54, 1.807) is 7.11 Å². The highest BCUT2D eigenvalue weighted by atomic mass is 19.1. The number of benzene rings is 2. The van der Waals surface area contributed by atoms with Crippen LogP contribution < -0.4 is 10.1 Å². The number of methoxy groups -OCH3 is 1. The molecule has 1 heterocycles. The minimum atomic E-state index is -0.535. The van der Waals surface area contributed by atoms with Gasteiger partial charge in [0.05, 0.1) is 7.11 Å². The molecule has 4 heteroatoms. The third-order valence-corrected chi connectivity index (χ3v) is 3.89. The molecular weight excluding hydrogens is 272 g/mol. The van der Waals surface area contributed by atoms with Crippen molar-refractivity contribution in [1.82, 2.24) is 5.32 Å². The molecule has 1 aliphatic heterocycles. The molecule has 0 saturated heterocycles. The van der Waals surface area contributed by atoms with Crippen molar-refractivity contribution < 1.29 is 13.5 Å². The van der Waals surface area contributed by atoms with E-state index in [2.05, 4.69) is 5.32 Å². The second kappa shape index (κ2) is 5.82. The Morgan fingerprint density at radius 1 is 1.19 bits per heavy atom. The average Bonchev–Trinajstić information content (AvgIpc) is 2.46. The summed E-state index contributed by atoms with van der Waals surface area (Å²) in [5.41, 5.74) is 2.98. The summed E-state index contributed by atoms with van der Waals surface area (Å²) in [5, 5.41) is 3.41. The van der Waals surface area contributed by atoms with Gasteiger partial charge in [-0.3, -0.25) is 0 Å². The molecule has 0 fully saturated rings. The molecule has 0 saturated carbocycles. The molecular formula is C17H17F2NO. The number of halogens is 2. The molecule has 0 amide bonds. The Balaban J connectivity index is 1.92. The molecule has 2 aromatic carbocycles. The number of rotatable bonds is 3. The summed E-state index contributed by atoms with van der Waals surface area (Å²) in [7, 11) is 1.66. The molecule has 1 atom stereocenters. The van der Waals surface area contributed by atoms with Gasteiger partial charge >= 0.3 is 0 Å². The van der Waals surface area contributed by atoms with Crippen LogP contribution in [0.2, 0.25) is 0 Å². The quantitative estimate of drug-likeness (QED) is 0.935. The Kier molecular flexibility index (Phi) is 3.88. The second-order valence-electron chi connectivity index (χ2n) is 5.27. The summed E-state index contributed by atoms with van der Waals surface area (Å²) in [5.74, 6) is -0.192. The van der Waals surface area contributed by atoms with Gasteiger partial charge < -0.3 is 10.1 Å². The first-order chi connectivity index (χ1) is 10.2. The Morgan fingerprint density at radius 2 is 1.95 bits per heavy atom. The van der Waals surface area contributed by atoms with Crippen LogP contribution in [0.3, 0.4) is 0 Å². The third-order valence-electron chi connectivity index (χ3n) is 3.89. The van der Waals surface area contributed by atoms with Crippen molar-refractivity contribution in [2.75, 3.05) is 13.7 Å². The van der Waals surface area contributed by atoms with Crippen LogP contribution in [0.25, 0.3) is 0 Å². The van der Waals surface area contributed by atoms with Crippen LogP contribution in [-0.4, -0.2) is 13.7 Å². The molecule has 0 aromatic heterocycles.